The fourth-order valence-electron chi connectivity index (χ4n) is 9.58. The molecule has 0 aromatic heterocycles. The lowest BCUT2D eigenvalue weighted by atomic mass is 9.81. The van der Waals surface area contributed by atoms with Gasteiger partial charge in [0.25, 0.3) is 0 Å². The molecule has 0 amide bonds. The fraction of sp³-hybridized carbons (Fsp3) is 0.586. The second-order valence-electron chi connectivity index (χ2n) is 18.5. The average molecular weight is 813 g/mol. The van der Waals surface area contributed by atoms with Gasteiger partial charge >= 0.3 is 0 Å². The first kappa shape index (κ1) is 49.1. The van der Waals surface area contributed by atoms with Gasteiger partial charge in [0.05, 0.1) is 0 Å². The van der Waals surface area contributed by atoms with Gasteiger partial charge in [0, 0.05) is 29.1 Å². The SMILES string of the molecule is CCCCCCCCCCCC(c1ccc(C(CCCCCCCCCC)c2ccc(N)cc2)cc1)c1ccc(C(CCCCCCCCCC)c2ccc(N)cc2)cc1. The Morgan fingerprint density at radius 3 is 0.617 bits per heavy atom. The normalized spacial score (nSPS) is 13.1. The predicted molar refractivity (Wildman–Crippen MR) is 266 cm³/mol. The minimum absolute atomic E-state index is 0.404. The van der Waals surface area contributed by atoms with E-state index in [2.05, 4.69) is 118 Å². The third-order valence-corrected chi connectivity index (χ3v) is 13.4. The van der Waals surface area contributed by atoms with E-state index in [4.69, 9.17) is 11.5 Å². The number of hydrogen-bond acceptors (Lipinski definition) is 2. The molecular weight excluding hydrogens is 725 g/mol. The third kappa shape index (κ3) is 18.6. The van der Waals surface area contributed by atoms with Crippen LogP contribution in [0.4, 0.5) is 11.4 Å². The van der Waals surface area contributed by atoms with Gasteiger partial charge in [-0.3, -0.25) is 0 Å². The van der Waals surface area contributed by atoms with Crippen LogP contribution in [-0.2, 0) is 0 Å². The molecule has 0 fully saturated rings. The van der Waals surface area contributed by atoms with Gasteiger partial charge in [-0.25, -0.2) is 0 Å². The number of unbranched alkanes of at least 4 members (excludes halogenated alkanes) is 22. The average Bonchev–Trinajstić information content (AvgIpc) is 3.27. The number of benzene rings is 4. The fourth-order valence-corrected chi connectivity index (χ4v) is 9.58. The highest BCUT2D eigenvalue weighted by Crippen LogP contribution is 2.37. The van der Waals surface area contributed by atoms with Gasteiger partial charge in [0.1, 0.15) is 0 Å². The van der Waals surface area contributed by atoms with Gasteiger partial charge in [0.2, 0.25) is 0 Å². The van der Waals surface area contributed by atoms with E-state index in [1.165, 1.54) is 213 Å². The molecule has 4 N–H and O–H groups in total. The zero-order chi connectivity index (χ0) is 42.5. The summed E-state index contributed by atoms with van der Waals surface area (Å²) in [6.07, 6.45) is 37.5. The Labute approximate surface area is 370 Å². The van der Waals surface area contributed by atoms with E-state index in [0.29, 0.717) is 17.8 Å². The molecule has 0 saturated carbocycles. The maximum atomic E-state index is 6.16. The number of nitrogens with two attached hydrogens (primary N) is 2. The lowest BCUT2D eigenvalue weighted by molar-refractivity contribution is 0.544. The van der Waals surface area contributed by atoms with Gasteiger partial charge in [-0.05, 0) is 76.9 Å². The summed E-state index contributed by atoms with van der Waals surface area (Å²) in [4.78, 5) is 0. The van der Waals surface area contributed by atoms with E-state index in [9.17, 15) is 0 Å². The monoisotopic (exact) mass is 813 g/mol. The second-order valence-corrected chi connectivity index (χ2v) is 18.5. The molecule has 0 bridgehead atoms. The van der Waals surface area contributed by atoms with Crippen LogP contribution < -0.4 is 11.5 Å². The molecular formula is C58H88N2. The first-order valence-electron chi connectivity index (χ1n) is 25.4. The Morgan fingerprint density at radius 1 is 0.250 bits per heavy atom. The largest absolute Gasteiger partial charge is 0.399 e. The van der Waals surface area contributed by atoms with Crippen molar-refractivity contribution in [3.05, 3.63) is 130 Å². The molecule has 2 heteroatoms. The third-order valence-electron chi connectivity index (χ3n) is 13.4. The molecule has 2 nitrogen and oxygen atoms in total. The van der Waals surface area contributed by atoms with Gasteiger partial charge in [0.15, 0.2) is 0 Å². The summed E-state index contributed by atoms with van der Waals surface area (Å²) >= 11 is 0. The molecule has 4 aromatic carbocycles. The summed E-state index contributed by atoms with van der Waals surface area (Å²) in [6, 6.07) is 37.1. The van der Waals surface area contributed by atoms with Crippen molar-refractivity contribution in [1.29, 1.82) is 0 Å². The van der Waals surface area contributed by atoms with Crippen molar-refractivity contribution in [2.24, 2.45) is 0 Å². The molecule has 4 rings (SSSR count). The molecule has 0 spiro atoms. The van der Waals surface area contributed by atoms with Crippen LogP contribution in [0, 0.1) is 0 Å². The smallest absolute Gasteiger partial charge is 0.0314 e. The highest BCUT2D eigenvalue weighted by atomic mass is 14.5. The maximum absolute atomic E-state index is 6.16. The highest BCUT2D eigenvalue weighted by molar-refractivity contribution is 5.45. The quantitative estimate of drug-likeness (QED) is 0.0365. The van der Waals surface area contributed by atoms with Crippen LogP contribution in [0.2, 0.25) is 0 Å². The van der Waals surface area contributed by atoms with Gasteiger partial charge in [-0.2, -0.15) is 0 Å². The van der Waals surface area contributed by atoms with Crippen LogP contribution in [-0.4, -0.2) is 0 Å². The van der Waals surface area contributed by atoms with E-state index in [1.807, 2.05) is 0 Å². The number of anilines is 2. The predicted octanol–water partition coefficient (Wildman–Crippen LogP) is 18.2. The topological polar surface area (TPSA) is 52.0 Å². The van der Waals surface area contributed by atoms with Gasteiger partial charge in [-0.1, -0.05) is 254 Å². The van der Waals surface area contributed by atoms with Crippen molar-refractivity contribution in [3.63, 3.8) is 0 Å². The summed E-state index contributed by atoms with van der Waals surface area (Å²) < 4.78 is 0. The van der Waals surface area contributed by atoms with E-state index in [0.717, 1.165) is 11.4 Å². The second kappa shape index (κ2) is 30.5. The lowest BCUT2D eigenvalue weighted by Gasteiger charge is -2.23. The Hall–Kier alpha value is -3.52. The summed E-state index contributed by atoms with van der Waals surface area (Å²) in [5.41, 5.74) is 22.6. The molecule has 330 valence electrons. The van der Waals surface area contributed by atoms with E-state index in [1.54, 1.807) is 0 Å². The molecule has 2 unspecified atom stereocenters. The van der Waals surface area contributed by atoms with Gasteiger partial charge < -0.3 is 11.5 Å². The van der Waals surface area contributed by atoms with E-state index < -0.39 is 0 Å². The van der Waals surface area contributed by atoms with Crippen LogP contribution in [0.1, 0.15) is 252 Å². The maximum Gasteiger partial charge on any atom is 0.0314 e. The molecule has 0 aliphatic heterocycles. The molecule has 0 radical (unpaired) electrons. The summed E-state index contributed by atoms with van der Waals surface area (Å²) in [5.74, 6) is 1.21. The van der Waals surface area contributed by atoms with Crippen molar-refractivity contribution < 1.29 is 0 Å². The zero-order valence-corrected chi connectivity index (χ0v) is 38.9. The van der Waals surface area contributed by atoms with Crippen molar-refractivity contribution in [2.75, 3.05) is 11.5 Å². The first-order valence-corrected chi connectivity index (χ1v) is 25.4. The number of rotatable bonds is 34. The standard InChI is InChI=1S/C58H88N2/c1-4-7-10-13-16-19-22-25-26-29-56(48-32-36-50(37-33-48)57(52-40-44-54(59)45-41-52)30-27-23-20-17-14-11-8-5-2)49-34-38-51(39-35-49)58(53-42-46-55(60)47-43-53)31-28-24-21-18-15-12-9-6-3/h32-47,56-58H,4-31,59-60H2,1-3H3. The van der Waals surface area contributed by atoms with Crippen LogP contribution in [0.3, 0.4) is 0 Å². The van der Waals surface area contributed by atoms with E-state index in [-0.39, 0.29) is 0 Å². The summed E-state index contributed by atoms with van der Waals surface area (Å²) in [5, 5.41) is 0. The first-order chi connectivity index (χ1) is 29.5. The van der Waals surface area contributed by atoms with Crippen LogP contribution in [0.25, 0.3) is 0 Å². The van der Waals surface area contributed by atoms with Crippen molar-refractivity contribution >= 4 is 11.4 Å². The molecule has 0 aliphatic rings. The number of hydrogen-bond donors (Lipinski definition) is 2. The lowest BCUT2D eigenvalue weighted by Crippen LogP contribution is -2.06. The Bertz CT molecular complexity index is 1490. The molecule has 4 aromatic rings. The molecule has 0 aliphatic carbocycles. The highest BCUT2D eigenvalue weighted by Gasteiger charge is 2.20. The number of nitrogen functional groups attached to an aromatic ring is 2. The van der Waals surface area contributed by atoms with Gasteiger partial charge in [-0.15, -0.1) is 0 Å². The Morgan fingerprint density at radius 2 is 0.417 bits per heavy atom. The van der Waals surface area contributed by atoms with Crippen molar-refractivity contribution in [1.82, 2.24) is 0 Å². The Balaban J connectivity index is 1.50. The summed E-state index contributed by atoms with van der Waals surface area (Å²) in [6.45, 7) is 6.92. The van der Waals surface area contributed by atoms with E-state index >= 15 is 0 Å². The minimum Gasteiger partial charge on any atom is -0.399 e. The Kier molecular flexibility index (Phi) is 25.0. The minimum atomic E-state index is 0.404. The van der Waals surface area contributed by atoms with Crippen LogP contribution in [0.5, 0.6) is 0 Å². The zero-order valence-electron chi connectivity index (χ0n) is 38.9. The molecule has 0 saturated heterocycles. The molecule has 60 heavy (non-hydrogen) atoms. The van der Waals surface area contributed by atoms with Crippen molar-refractivity contribution in [3.8, 4) is 0 Å². The molecule has 0 heterocycles. The summed E-state index contributed by atoms with van der Waals surface area (Å²) in [7, 11) is 0. The van der Waals surface area contributed by atoms with Crippen LogP contribution >= 0.6 is 0 Å². The van der Waals surface area contributed by atoms with Crippen molar-refractivity contribution in [2.45, 2.75) is 218 Å². The van der Waals surface area contributed by atoms with Crippen LogP contribution in [0.15, 0.2) is 97.1 Å². The molecule has 2 atom stereocenters.